The van der Waals surface area contributed by atoms with Gasteiger partial charge in [-0.2, -0.15) is 0 Å². The van der Waals surface area contributed by atoms with Crippen molar-refractivity contribution in [3.05, 3.63) is 85.7 Å². The number of rotatable bonds is 10. The van der Waals surface area contributed by atoms with Crippen LogP contribution in [0.5, 0.6) is 23.3 Å². The van der Waals surface area contributed by atoms with E-state index in [1.165, 1.54) is 37.7 Å². The molecule has 1 amide bonds. The number of nitrogens with one attached hydrogen (secondary N) is 2. The third-order valence-corrected chi connectivity index (χ3v) is 7.36. The number of methoxy groups -OCH3 is 2. The van der Waals surface area contributed by atoms with Crippen LogP contribution in [-0.4, -0.2) is 68.8 Å². The summed E-state index contributed by atoms with van der Waals surface area (Å²) in [6.45, 7) is 4.58. The van der Waals surface area contributed by atoms with E-state index in [1.54, 1.807) is 52.3 Å². The van der Waals surface area contributed by atoms with Crippen molar-refractivity contribution in [1.82, 2.24) is 29.6 Å². The summed E-state index contributed by atoms with van der Waals surface area (Å²) in [6, 6.07) is 12.6. The Kier molecular flexibility index (Phi) is 7.37. The van der Waals surface area contributed by atoms with Crippen LogP contribution < -0.4 is 24.8 Å². The minimum Gasteiger partial charge on any atom is -0.495 e. The van der Waals surface area contributed by atoms with Crippen molar-refractivity contribution in [2.24, 2.45) is 0 Å². The van der Waals surface area contributed by atoms with E-state index in [9.17, 15) is 4.79 Å². The Balaban J connectivity index is 1.21. The number of hydrogen-bond donors (Lipinski definition) is 2. The monoisotopic (exact) mass is 613 g/mol. The van der Waals surface area contributed by atoms with E-state index in [2.05, 4.69) is 37.3 Å². The van der Waals surface area contributed by atoms with Gasteiger partial charge in [0.15, 0.2) is 0 Å². The maximum Gasteiger partial charge on any atom is 0.245 e. The fourth-order valence-electron chi connectivity index (χ4n) is 5.02. The molecule has 0 aliphatic carbocycles. The van der Waals surface area contributed by atoms with Gasteiger partial charge in [-0.25, -0.2) is 24.0 Å². The van der Waals surface area contributed by atoms with Crippen LogP contribution in [0.3, 0.4) is 0 Å². The third kappa shape index (κ3) is 6.47. The highest BCUT2D eigenvalue weighted by molar-refractivity contribution is 5.95. The van der Waals surface area contributed by atoms with Crippen LogP contribution in [0.15, 0.2) is 79.9 Å². The molecule has 0 spiro atoms. The van der Waals surface area contributed by atoms with Gasteiger partial charge in [-0.3, -0.25) is 4.79 Å². The van der Waals surface area contributed by atoms with Crippen molar-refractivity contribution >= 4 is 34.0 Å². The van der Waals surface area contributed by atoms with Crippen molar-refractivity contribution in [3.63, 3.8) is 0 Å². The summed E-state index contributed by atoms with van der Waals surface area (Å²) < 4.78 is 56.1. The first kappa shape index (κ1) is 25.7. The molecule has 230 valence electrons. The molecule has 1 aliphatic heterocycles. The number of anilines is 3. The number of carbonyl (C=O) groups is 1. The van der Waals surface area contributed by atoms with Crippen molar-refractivity contribution in [2.45, 2.75) is 18.9 Å². The molecule has 0 radical (unpaired) electrons. The van der Waals surface area contributed by atoms with Gasteiger partial charge in [-0.15, -0.1) is 5.10 Å². The van der Waals surface area contributed by atoms with E-state index < -0.39 is 12.9 Å². The number of aromatic nitrogens is 5. The number of hydrogen-bond acceptors (Lipinski definition) is 10. The number of fused-ring (bicyclic) bond motifs is 1. The zero-order valence-corrected chi connectivity index (χ0v) is 24.2. The summed E-state index contributed by atoms with van der Waals surface area (Å²) in [6.07, 6.45) is 7.11. The zero-order valence-electron chi connectivity index (χ0n) is 27.2. The molecule has 2 aromatic carbocycles. The van der Waals surface area contributed by atoms with Crippen LogP contribution in [0.1, 0.15) is 17.0 Å². The predicted octanol–water partition coefficient (Wildman–Crippen LogP) is 5.49. The van der Waals surface area contributed by atoms with Crippen LogP contribution in [-0.2, 0) is 4.79 Å². The standard InChI is InChI=1S/C32H31FN8O4/c1-4-31(42)40-12-9-20(10-13-40)37-27-16-23-26(17-28(27)43-2)35-19-36-32(23)38-25-7-6-22(15-24(25)33)45-30-11-14-41(39-30)21-5-8-29(44-3)34-18-21/h4-8,11,14-20,37H,1,9-10,12-13H2,2-3H3,(H,35,36,38)/i2D3. The van der Waals surface area contributed by atoms with Crippen molar-refractivity contribution in [2.75, 3.05) is 37.9 Å². The second kappa shape index (κ2) is 12.9. The smallest absolute Gasteiger partial charge is 0.245 e. The van der Waals surface area contributed by atoms with Gasteiger partial charge in [0.1, 0.15) is 29.5 Å². The van der Waals surface area contributed by atoms with Gasteiger partial charge >= 0.3 is 0 Å². The average Bonchev–Trinajstić information content (AvgIpc) is 3.54. The molecule has 6 rings (SSSR count). The van der Waals surface area contributed by atoms with Crippen LogP contribution in [0.25, 0.3) is 16.6 Å². The Morgan fingerprint density at radius 2 is 1.93 bits per heavy atom. The SMILES string of the molecule is [2H]C([2H])([2H])Oc1cc2ncnc(Nc3ccc(Oc4ccn(-c5ccc(OC)nc5)n4)cc3F)c2cc1NC1CCN(C(=O)C=C)CC1. The summed E-state index contributed by atoms with van der Waals surface area (Å²) in [5.41, 5.74) is 1.59. The molecule has 45 heavy (non-hydrogen) atoms. The molecule has 0 atom stereocenters. The number of piperidine rings is 1. The summed E-state index contributed by atoms with van der Waals surface area (Å²) in [7, 11) is -1.18. The van der Waals surface area contributed by atoms with E-state index in [0.717, 1.165) is 0 Å². The van der Waals surface area contributed by atoms with Crippen molar-refractivity contribution in [1.29, 1.82) is 0 Å². The number of amides is 1. The fourth-order valence-corrected chi connectivity index (χ4v) is 5.02. The van der Waals surface area contributed by atoms with Gasteiger partial charge in [-0.05, 0) is 43.2 Å². The molecule has 4 heterocycles. The lowest BCUT2D eigenvalue weighted by Gasteiger charge is -2.32. The quantitative estimate of drug-likeness (QED) is 0.195. The topological polar surface area (TPSA) is 129 Å². The minimum atomic E-state index is -2.71. The molecule has 0 saturated carbocycles. The predicted molar refractivity (Wildman–Crippen MR) is 167 cm³/mol. The Hall–Kier alpha value is -5.72. The third-order valence-electron chi connectivity index (χ3n) is 7.36. The van der Waals surface area contributed by atoms with E-state index in [0.29, 0.717) is 54.1 Å². The van der Waals surface area contributed by atoms with Crippen LogP contribution in [0.4, 0.5) is 21.6 Å². The van der Waals surface area contributed by atoms with E-state index in [-0.39, 0.29) is 40.8 Å². The first-order valence-electron chi connectivity index (χ1n) is 15.5. The van der Waals surface area contributed by atoms with E-state index in [1.807, 2.05) is 0 Å². The second-order valence-corrected chi connectivity index (χ2v) is 10.2. The minimum absolute atomic E-state index is 0.0689. The lowest BCUT2D eigenvalue weighted by Crippen LogP contribution is -2.41. The first-order valence-corrected chi connectivity index (χ1v) is 14.0. The van der Waals surface area contributed by atoms with Gasteiger partial charge < -0.3 is 29.7 Å². The van der Waals surface area contributed by atoms with Gasteiger partial charge in [0.05, 0.1) is 47.0 Å². The lowest BCUT2D eigenvalue weighted by molar-refractivity contribution is -0.126. The van der Waals surface area contributed by atoms with Crippen molar-refractivity contribution < 1.29 is 27.5 Å². The Morgan fingerprint density at radius 1 is 1.07 bits per heavy atom. The van der Waals surface area contributed by atoms with Crippen molar-refractivity contribution in [3.8, 4) is 28.9 Å². The van der Waals surface area contributed by atoms with Gasteiger partial charge in [0.2, 0.25) is 17.7 Å². The molecule has 5 aromatic rings. The molecule has 1 fully saturated rings. The highest BCUT2D eigenvalue weighted by atomic mass is 19.1. The molecule has 0 bridgehead atoms. The number of likely N-dealkylation sites (tertiary alicyclic amines) is 1. The summed E-state index contributed by atoms with van der Waals surface area (Å²) in [4.78, 5) is 26.5. The zero-order chi connectivity index (χ0) is 33.8. The van der Waals surface area contributed by atoms with Crippen LogP contribution in [0.2, 0.25) is 0 Å². The molecule has 13 heteroatoms. The molecule has 2 N–H and O–H groups in total. The Labute approximate surface area is 262 Å². The highest BCUT2D eigenvalue weighted by Gasteiger charge is 2.23. The Bertz CT molecular complexity index is 1950. The number of nitrogens with zero attached hydrogens (tertiary/aromatic N) is 6. The number of benzene rings is 2. The van der Waals surface area contributed by atoms with E-state index in [4.69, 9.17) is 18.3 Å². The summed E-state index contributed by atoms with van der Waals surface area (Å²) >= 11 is 0. The normalized spacial score (nSPS) is 14.6. The second-order valence-electron chi connectivity index (χ2n) is 10.2. The molecular weight excluding hydrogens is 579 g/mol. The lowest BCUT2D eigenvalue weighted by atomic mass is 10.0. The van der Waals surface area contributed by atoms with Gasteiger partial charge in [-0.1, -0.05) is 6.58 Å². The summed E-state index contributed by atoms with van der Waals surface area (Å²) in [5.74, 6) is 0.567. The molecule has 3 aromatic heterocycles. The van der Waals surface area contributed by atoms with Crippen LogP contribution in [0, 0.1) is 5.82 Å². The number of pyridine rings is 1. The molecule has 12 nitrogen and oxygen atoms in total. The molecule has 0 unspecified atom stereocenters. The molecular formula is C32H31FN8O4. The summed E-state index contributed by atoms with van der Waals surface area (Å²) in [5, 5.41) is 11.2. The highest BCUT2D eigenvalue weighted by Crippen LogP contribution is 2.35. The number of halogens is 1. The van der Waals surface area contributed by atoms with Gasteiger partial charge in [0, 0.05) is 55.0 Å². The maximum atomic E-state index is 15.4. The molecule has 1 saturated heterocycles. The molecule has 1 aliphatic rings. The fraction of sp³-hybridized carbons (Fsp3) is 0.219. The van der Waals surface area contributed by atoms with Crippen LogP contribution >= 0.6 is 0 Å². The largest absolute Gasteiger partial charge is 0.495 e. The van der Waals surface area contributed by atoms with Gasteiger partial charge in [0.25, 0.3) is 0 Å². The Morgan fingerprint density at radius 3 is 2.67 bits per heavy atom. The van der Waals surface area contributed by atoms with E-state index >= 15 is 4.39 Å². The number of carbonyl (C=O) groups excluding carboxylic acids is 1. The maximum absolute atomic E-state index is 15.4. The number of ether oxygens (including phenoxy) is 3. The average molecular weight is 614 g/mol. The first-order chi connectivity index (χ1) is 23.1.